The van der Waals surface area contributed by atoms with Gasteiger partial charge in [0.05, 0.1) is 23.6 Å². The Labute approximate surface area is 168 Å². The molecule has 1 aromatic carbocycles. The van der Waals surface area contributed by atoms with Gasteiger partial charge in [0.1, 0.15) is 21.4 Å². The number of carbonyl (C=O) groups excluding carboxylic acids is 1. The molecule has 0 spiro atoms. The van der Waals surface area contributed by atoms with Gasteiger partial charge in [-0.25, -0.2) is 14.1 Å². The lowest BCUT2D eigenvalue weighted by atomic mass is 10.3. The summed E-state index contributed by atoms with van der Waals surface area (Å²) in [5.41, 5.74) is 2.74. The minimum Gasteiger partial charge on any atom is -0.346 e. The van der Waals surface area contributed by atoms with Crippen molar-refractivity contribution in [3.8, 4) is 16.4 Å². The van der Waals surface area contributed by atoms with Gasteiger partial charge < -0.3 is 5.32 Å². The van der Waals surface area contributed by atoms with Gasteiger partial charge in [-0.2, -0.15) is 0 Å². The summed E-state index contributed by atoms with van der Waals surface area (Å²) in [5.74, 6) is -0.464. The maximum atomic E-state index is 13.2. The molecule has 4 rings (SSSR count). The van der Waals surface area contributed by atoms with Crippen molar-refractivity contribution in [3.05, 3.63) is 68.7 Å². The minimum absolute atomic E-state index is 0.154. The predicted octanol–water partition coefficient (Wildman–Crippen LogP) is 4.14. The van der Waals surface area contributed by atoms with E-state index in [2.05, 4.69) is 20.6 Å². The van der Waals surface area contributed by atoms with Crippen LogP contribution in [-0.2, 0) is 6.54 Å². The Kier molecular flexibility index (Phi) is 5.01. The van der Waals surface area contributed by atoms with Crippen molar-refractivity contribution in [1.82, 2.24) is 25.3 Å². The second-order valence-electron chi connectivity index (χ2n) is 6.11. The zero-order valence-electron chi connectivity index (χ0n) is 15.1. The van der Waals surface area contributed by atoms with Gasteiger partial charge in [0.2, 0.25) is 0 Å². The normalized spacial score (nSPS) is 11.0. The standard InChI is InChI=1S/C19H16FN5OS2/c1-11-17(18(26)21-10-15-4-3-9-27-15)28-19(22-11)16-12(2)25(24-23-16)14-7-5-13(20)6-8-14/h3-9H,10H2,1-2H3,(H,21,26). The summed E-state index contributed by atoms with van der Waals surface area (Å²) in [4.78, 5) is 18.7. The van der Waals surface area contributed by atoms with Crippen molar-refractivity contribution in [2.45, 2.75) is 20.4 Å². The molecule has 1 N–H and O–H groups in total. The molecule has 0 atom stereocenters. The van der Waals surface area contributed by atoms with Gasteiger partial charge in [0, 0.05) is 4.88 Å². The van der Waals surface area contributed by atoms with Crippen LogP contribution in [0.4, 0.5) is 4.39 Å². The fraction of sp³-hybridized carbons (Fsp3) is 0.158. The van der Waals surface area contributed by atoms with E-state index in [1.54, 1.807) is 35.1 Å². The van der Waals surface area contributed by atoms with Crippen molar-refractivity contribution in [2.24, 2.45) is 0 Å². The van der Waals surface area contributed by atoms with Gasteiger partial charge in [-0.3, -0.25) is 4.79 Å². The Morgan fingerprint density at radius 3 is 2.71 bits per heavy atom. The minimum atomic E-state index is -0.310. The van der Waals surface area contributed by atoms with E-state index in [-0.39, 0.29) is 11.7 Å². The maximum Gasteiger partial charge on any atom is 0.263 e. The highest BCUT2D eigenvalue weighted by molar-refractivity contribution is 7.17. The second kappa shape index (κ2) is 7.61. The van der Waals surface area contributed by atoms with Crippen molar-refractivity contribution < 1.29 is 9.18 Å². The Morgan fingerprint density at radius 2 is 2.00 bits per heavy atom. The number of nitrogens with one attached hydrogen (secondary N) is 1. The van der Waals surface area contributed by atoms with Gasteiger partial charge in [0.25, 0.3) is 5.91 Å². The first-order chi connectivity index (χ1) is 13.5. The molecule has 9 heteroatoms. The average Bonchev–Trinajstić information content (AvgIpc) is 3.41. The highest BCUT2D eigenvalue weighted by Gasteiger charge is 2.20. The molecule has 0 fully saturated rings. The van der Waals surface area contributed by atoms with Crippen LogP contribution in [-0.4, -0.2) is 25.9 Å². The zero-order valence-corrected chi connectivity index (χ0v) is 16.8. The molecule has 3 heterocycles. The lowest BCUT2D eigenvalue weighted by Gasteiger charge is -2.02. The molecule has 4 aromatic rings. The molecule has 0 saturated carbocycles. The van der Waals surface area contributed by atoms with Crippen LogP contribution in [0.2, 0.25) is 0 Å². The van der Waals surface area contributed by atoms with E-state index in [1.807, 2.05) is 24.4 Å². The monoisotopic (exact) mass is 413 g/mol. The molecule has 3 aromatic heterocycles. The number of hydrogen-bond acceptors (Lipinski definition) is 6. The predicted molar refractivity (Wildman–Crippen MR) is 107 cm³/mol. The van der Waals surface area contributed by atoms with Crippen LogP contribution < -0.4 is 5.32 Å². The summed E-state index contributed by atoms with van der Waals surface area (Å²) in [7, 11) is 0. The molecular formula is C19H16FN5OS2. The Morgan fingerprint density at radius 1 is 1.21 bits per heavy atom. The Hall–Kier alpha value is -2.91. The molecule has 0 radical (unpaired) electrons. The summed E-state index contributed by atoms with van der Waals surface area (Å²) in [6.07, 6.45) is 0. The molecule has 0 unspecified atom stereocenters. The van der Waals surface area contributed by atoms with Crippen LogP contribution in [0.25, 0.3) is 16.4 Å². The van der Waals surface area contributed by atoms with Crippen molar-refractivity contribution >= 4 is 28.6 Å². The molecular weight excluding hydrogens is 397 g/mol. The Bertz CT molecular complexity index is 1120. The molecule has 0 bridgehead atoms. The molecule has 142 valence electrons. The summed E-state index contributed by atoms with van der Waals surface area (Å²) in [6, 6.07) is 9.95. The van der Waals surface area contributed by atoms with Crippen LogP contribution >= 0.6 is 22.7 Å². The smallest absolute Gasteiger partial charge is 0.263 e. The topological polar surface area (TPSA) is 72.7 Å². The first kappa shape index (κ1) is 18.5. The third kappa shape index (κ3) is 3.58. The van der Waals surface area contributed by atoms with Gasteiger partial charge in [-0.05, 0) is 49.6 Å². The third-order valence-electron chi connectivity index (χ3n) is 4.17. The van der Waals surface area contributed by atoms with Gasteiger partial charge >= 0.3 is 0 Å². The van der Waals surface area contributed by atoms with E-state index in [0.29, 0.717) is 33.5 Å². The van der Waals surface area contributed by atoms with E-state index in [9.17, 15) is 9.18 Å². The van der Waals surface area contributed by atoms with Crippen LogP contribution in [0.1, 0.15) is 25.9 Å². The number of thiazole rings is 1. The highest BCUT2D eigenvalue weighted by Crippen LogP contribution is 2.29. The molecule has 28 heavy (non-hydrogen) atoms. The molecule has 0 aliphatic carbocycles. The van der Waals surface area contributed by atoms with Gasteiger partial charge in [-0.15, -0.1) is 27.8 Å². The number of rotatable bonds is 5. The number of aryl methyl sites for hydroxylation is 1. The van der Waals surface area contributed by atoms with Gasteiger partial charge in [-0.1, -0.05) is 11.3 Å². The average molecular weight is 414 g/mol. The fourth-order valence-corrected chi connectivity index (χ4v) is 4.39. The summed E-state index contributed by atoms with van der Waals surface area (Å²) >= 11 is 2.89. The van der Waals surface area contributed by atoms with E-state index < -0.39 is 0 Å². The first-order valence-corrected chi connectivity index (χ1v) is 10.2. The molecule has 0 aliphatic heterocycles. The van der Waals surface area contributed by atoms with Crippen molar-refractivity contribution in [1.29, 1.82) is 0 Å². The summed E-state index contributed by atoms with van der Waals surface area (Å²) in [6.45, 7) is 4.16. The Balaban J connectivity index is 1.58. The number of amides is 1. The van der Waals surface area contributed by atoms with Crippen molar-refractivity contribution in [3.63, 3.8) is 0 Å². The lowest BCUT2D eigenvalue weighted by Crippen LogP contribution is -2.22. The molecule has 6 nitrogen and oxygen atoms in total. The molecule has 0 saturated heterocycles. The van der Waals surface area contributed by atoms with Gasteiger partial charge in [0.15, 0.2) is 0 Å². The number of halogens is 1. The van der Waals surface area contributed by atoms with Crippen LogP contribution in [0.15, 0.2) is 41.8 Å². The number of thiophene rings is 1. The quantitative estimate of drug-likeness (QED) is 0.534. The van der Waals surface area contributed by atoms with E-state index in [0.717, 1.165) is 10.6 Å². The number of nitrogens with zero attached hydrogens (tertiary/aromatic N) is 4. The van der Waals surface area contributed by atoms with E-state index in [4.69, 9.17) is 0 Å². The van der Waals surface area contributed by atoms with E-state index >= 15 is 0 Å². The number of hydrogen-bond donors (Lipinski definition) is 1. The van der Waals surface area contributed by atoms with Crippen LogP contribution in [0, 0.1) is 19.7 Å². The summed E-state index contributed by atoms with van der Waals surface area (Å²) in [5, 5.41) is 13.9. The molecule has 1 amide bonds. The summed E-state index contributed by atoms with van der Waals surface area (Å²) < 4.78 is 14.8. The number of aromatic nitrogens is 4. The second-order valence-corrected chi connectivity index (χ2v) is 8.14. The zero-order chi connectivity index (χ0) is 19.7. The lowest BCUT2D eigenvalue weighted by molar-refractivity contribution is 0.0954. The third-order valence-corrected chi connectivity index (χ3v) is 6.21. The molecule has 0 aliphatic rings. The van der Waals surface area contributed by atoms with Crippen LogP contribution in [0.5, 0.6) is 0 Å². The SMILES string of the molecule is Cc1nc(-c2nnn(-c3ccc(F)cc3)c2C)sc1C(=O)NCc1cccs1. The highest BCUT2D eigenvalue weighted by atomic mass is 32.1. The number of benzene rings is 1. The first-order valence-electron chi connectivity index (χ1n) is 8.49. The largest absolute Gasteiger partial charge is 0.346 e. The van der Waals surface area contributed by atoms with Crippen molar-refractivity contribution in [2.75, 3.05) is 0 Å². The van der Waals surface area contributed by atoms with Crippen LogP contribution in [0.3, 0.4) is 0 Å². The fourth-order valence-electron chi connectivity index (χ4n) is 2.72. The maximum absolute atomic E-state index is 13.2. The van der Waals surface area contributed by atoms with E-state index in [1.165, 1.54) is 23.5 Å². The number of carbonyl (C=O) groups is 1.